The van der Waals surface area contributed by atoms with Gasteiger partial charge >= 0.3 is 0 Å². The molecule has 2 aromatic heterocycles. The van der Waals surface area contributed by atoms with E-state index >= 15 is 0 Å². The number of hydrogen-bond donors (Lipinski definition) is 1. The van der Waals surface area contributed by atoms with Crippen molar-refractivity contribution in [3.8, 4) is 17.6 Å². The first-order valence-corrected chi connectivity index (χ1v) is 8.64. The summed E-state index contributed by atoms with van der Waals surface area (Å²) in [7, 11) is 3.26. The maximum Gasteiger partial charge on any atom is 0.165 e. The number of unbranched alkanes of at least 4 members (excludes halogenated alkanes) is 1. The van der Waals surface area contributed by atoms with Gasteiger partial charge in [-0.05, 0) is 31.5 Å². The molecule has 0 saturated carbocycles. The van der Waals surface area contributed by atoms with Crippen LogP contribution < -0.4 is 15.2 Å². The summed E-state index contributed by atoms with van der Waals surface area (Å²) in [6.07, 6.45) is 1.68. The zero-order valence-electron chi connectivity index (χ0n) is 15.7. The van der Waals surface area contributed by atoms with Crippen molar-refractivity contribution in [1.82, 2.24) is 19.5 Å². The largest absolute Gasteiger partial charge is 0.497 e. The first-order chi connectivity index (χ1) is 13.1. The van der Waals surface area contributed by atoms with Crippen molar-refractivity contribution in [3.05, 3.63) is 35.4 Å². The molecule has 0 radical (unpaired) electrons. The van der Waals surface area contributed by atoms with Gasteiger partial charge in [-0.25, -0.2) is 15.0 Å². The van der Waals surface area contributed by atoms with Gasteiger partial charge in [-0.1, -0.05) is 0 Å². The second-order valence-corrected chi connectivity index (χ2v) is 6.12. The Bertz CT molecular complexity index is 1010. The lowest BCUT2D eigenvalue weighted by Gasteiger charge is -2.12. The number of fused-ring (bicyclic) bond motifs is 1. The number of nitrogens with zero attached hydrogens (tertiary/aromatic N) is 5. The van der Waals surface area contributed by atoms with Crippen molar-refractivity contribution in [2.24, 2.45) is 0 Å². The van der Waals surface area contributed by atoms with Crippen molar-refractivity contribution in [2.45, 2.75) is 32.7 Å². The molecule has 27 heavy (non-hydrogen) atoms. The molecule has 3 aromatic rings. The number of anilines is 1. The number of hydrogen-bond acceptors (Lipinski definition) is 7. The Morgan fingerprint density at radius 2 is 2.00 bits per heavy atom. The molecule has 0 atom stereocenters. The maximum atomic E-state index is 8.88. The highest BCUT2D eigenvalue weighted by Crippen LogP contribution is 2.28. The molecule has 1 aromatic carbocycles. The lowest BCUT2D eigenvalue weighted by Crippen LogP contribution is -2.07. The smallest absolute Gasteiger partial charge is 0.165 e. The van der Waals surface area contributed by atoms with Crippen LogP contribution in [0.4, 0.5) is 5.82 Å². The van der Waals surface area contributed by atoms with E-state index in [1.807, 2.05) is 22.8 Å². The van der Waals surface area contributed by atoms with E-state index in [0.717, 1.165) is 22.9 Å². The van der Waals surface area contributed by atoms with Crippen LogP contribution in [0, 0.1) is 18.3 Å². The average Bonchev–Trinajstić information content (AvgIpc) is 2.99. The number of aromatic nitrogens is 4. The predicted molar refractivity (Wildman–Crippen MR) is 102 cm³/mol. The van der Waals surface area contributed by atoms with E-state index in [2.05, 4.69) is 16.0 Å². The Morgan fingerprint density at radius 1 is 1.19 bits per heavy atom. The van der Waals surface area contributed by atoms with Crippen LogP contribution in [0.25, 0.3) is 11.2 Å². The molecular weight excluding hydrogens is 344 g/mol. The van der Waals surface area contributed by atoms with Gasteiger partial charge in [-0.3, -0.25) is 0 Å². The minimum atomic E-state index is 0.357. The fraction of sp³-hybridized carbons (Fsp3) is 0.368. The van der Waals surface area contributed by atoms with E-state index in [1.54, 1.807) is 21.1 Å². The SMILES string of the molecule is COc1ccc(OC)c(Cc2nc3c(N)nc(C)nc3n2CCCC#N)c1. The van der Waals surface area contributed by atoms with E-state index in [-0.39, 0.29) is 0 Å². The van der Waals surface area contributed by atoms with Crippen molar-refractivity contribution < 1.29 is 9.47 Å². The zero-order valence-corrected chi connectivity index (χ0v) is 15.7. The fourth-order valence-corrected chi connectivity index (χ4v) is 3.06. The van der Waals surface area contributed by atoms with Crippen molar-refractivity contribution in [1.29, 1.82) is 5.26 Å². The molecule has 0 bridgehead atoms. The molecule has 0 aliphatic heterocycles. The lowest BCUT2D eigenvalue weighted by atomic mass is 10.1. The summed E-state index contributed by atoms with van der Waals surface area (Å²) in [6, 6.07) is 7.83. The predicted octanol–water partition coefficient (Wildman–Crippen LogP) is 2.63. The molecule has 0 amide bonds. The zero-order chi connectivity index (χ0) is 19.4. The minimum absolute atomic E-state index is 0.357. The summed E-state index contributed by atoms with van der Waals surface area (Å²) >= 11 is 0. The number of aryl methyl sites for hydroxylation is 2. The summed E-state index contributed by atoms with van der Waals surface area (Å²) < 4.78 is 12.8. The third-order valence-corrected chi connectivity index (χ3v) is 4.32. The molecule has 8 nitrogen and oxygen atoms in total. The highest BCUT2D eigenvalue weighted by Gasteiger charge is 2.18. The summed E-state index contributed by atoms with van der Waals surface area (Å²) in [5.74, 6) is 3.23. The Kier molecular flexibility index (Phi) is 5.41. The van der Waals surface area contributed by atoms with Crippen LogP contribution in [-0.4, -0.2) is 33.7 Å². The van der Waals surface area contributed by atoms with Gasteiger partial charge in [0.25, 0.3) is 0 Å². The second-order valence-electron chi connectivity index (χ2n) is 6.12. The van der Waals surface area contributed by atoms with Gasteiger partial charge in [0.1, 0.15) is 23.1 Å². The van der Waals surface area contributed by atoms with Crippen LogP contribution in [0.5, 0.6) is 11.5 Å². The third kappa shape index (κ3) is 3.77. The van der Waals surface area contributed by atoms with Gasteiger partial charge < -0.3 is 19.8 Å². The molecule has 8 heteroatoms. The van der Waals surface area contributed by atoms with E-state index in [0.29, 0.717) is 48.6 Å². The summed E-state index contributed by atoms with van der Waals surface area (Å²) in [6.45, 7) is 2.43. The molecule has 0 spiro atoms. The molecule has 0 saturated heterocycles. The standard InChI is InChI=1S/C19H22N6O2/c1-12-22-18(21)17-19(23-12)25(9-5-4-8-20)16(24-17)11-13-10-14(26-2)6-7-15(13)27-3/h6-7,10H,4-5,9,11H2,1-3H3,(H2,21,22,23). The second kappa shape index (κ2) is 7.91. The molecule has 2 N–H and O–H groups in total. The van der Waals surface area contributed by atoms with Gasteiger partial charge in [0, 0.05) is 24.9 Å². The molecule has 0 aliphatic rings. The highest BCUT2D eigenvalue weighted by atomic mass is 16.5. The Hall–Kier alpha value is -3.34. The number of benzene rings is 1. The molecule has 2 heterocycles. The average molecular weight is 366 g/mol. The minimum Gasteiger partial charge on any atom is -0.497 e. The molecule has 0 aliphatic carbocycles. The van der Waals surface area contributed by atoms with Crippen LogP contribution in [0.2, 0.25) is 0 Å². The van der Waals surface area contributed by atoms with Gasteiger partial charge in [0.15, 0.2) is 17.0 Å². The molecule has 0 unspecified atom stereocenters. The Labute approximate surface area is 157 Å². The number of methoxy groups -OCH3 is 2. The number of ether oxygens (including phenoxy) is 2. The summed E-state index contributed by atoms with van der Waals surface area (Å²) in [4.78, 5) is 13.4. The van der Waals surface area contributed by atoms with E-state index in [1.165, 1.54) is 0 Å². The summed E-state index contributed by atoms with van der Waals surface area (Å²) in [5.41, 5.74) is 8.27. The normalized spacial score (nSPS) is 10.7. The highest BCUT2D eigenvalue weighted by molar-refractivity contribution is 5.82. The first-order valence-electron chi connectivity index (χ1n) is 8.64. The van der Waals surface area contributed by atoms with Crippen LogP contribution in [0.1, 0.15) is 30.1 Å². The van der Waals surface area contributed by atoms with Crippen LogP contribution >= 0.6 is 0 Å². The van der Waals surface area contributed by atoms with Gasteiger partial charge in [-0.2, -0.15) is 5.26 Å². The Balaban J connectivity index is 2.09. The lowest BCUT2D eigenvalue weighted by molar-refractivity contribution is 0.399. The topological polar surface area (TPSA) is 112 Å². The number of rotatable bonds is 7. The van der Waals surface area contributed by atoms with Crippen LogP contribution in [0.15, 0.2) is 18.2 Å². The first kappa shape index (κ1) is 18.5. The third-order valence-electron chi connectivity index (χ3n) is 4.32. The fourth-order valence-electron chi connectivity index (χ4n) is 3.06. The number of nitriles is 1. The summed E-state index contributed by atoms with van der Waals surface area (Å²) in [5, 5.41) is 8.88. The maximum absolute atomic E-state index is 8.88. The van der Waals surface area contributed by atoms with Crippen LogP contribution in [0.3, 0.4) is 0 Å². The van der Waals surface area contributed by atoms with Gasteiger partial charge in [-0.15, -0.1) is 0 Å². The van der Waals surface area contributed by atoms with E-state index < -0.39 is 0 Å². The number of nitrogen functional groups attached to an aromatic ring is 1. The van der Waals surface area contributed by atoms with E-state index in [9.17, 15) is 0 Å². The van der Waals surface area contributed by atoms with Gasteiger partial charge in [0.2, 0.25) is 0 Å². The molecule has 3 rings (SSSR count). The van der Waals surface area contributed by atoms with Crippen molar-refractivity contribution >= 4 is 17.0 Å². The van der Waals surface area contributed by atoms with Crippen LogP contribution in [-0.2, 0) is 13.0 Å². The van der Waals surface area contributed by atoms with Gasteiger partial charge in [0.05, 0.1) is 20.3 Å². The number of imidazole rings is 1. The quantitative estimate of drug-likeness (QED) is 0.640. The monoisotopic (exact) mass is 366 g/mol. The Morgan fingerprint density at radius 3 is 2.70 bits per heavy atom. The molecule has 140 valence electrons. The van der Waals surface area contributed by atoms with E-state index in [4.69, 9.17) is 25.5 Å². The molecule has 0 fully saturated rings. The molecular formula is C19H22N6O2. The van der Waals surface area contributed by atoms with Crippen molar-refractivity contribution in [2.75, 3.05) is 20.0 Å². The van der Waals surface area contributed by atoms with Crippen molar-refractivity contribution in [3.63, 3.8) is 0 Å². The number of nitrogens with two attached hydrogens (primary N) is 1.